The lowest BCUT2D eigenvalue weighted by atomic mass is 10.1. The molecule has 35 heavy (non-hydrogen) atoms. The molecule has 3 aromatic rings. The molecule has 0 aliphatic carbocycles. The molecule has 0 spiro atoms. The van der Waals surface area contributed by atoms with E-state index in [4.69, 9.17) is 9.47 Å². The molecule has 0 unspecified atom stereocenters. The molecule has 2 aromatic carbocycles. The maximum atomic E-state index is 13.0. The van der Waals surface area contributed by atoms with E-state index in [1.165, 1.54) is 22.8 Å². The monoisotopic (exact) mass is 477 g/mol. The van der Waals surface area contributed by atoms with Gasteiger partial charge in [-0.25, -0.2) is 9.80 Å². The number of aromatic nitrogens is 1. The van der Waals surface area contributed by atoms with Crippen molar-refractivity contribution in [1.29, 1.82) is 0 Å². The number of carbonyl (C=O) groups excluding carboxylic acids is 3. The normalized spacial score (nSPS) is 11.6. The number of carbonyl (C=O) groups is 3. The topological polar surface area (TPSA) is 89.9 Å². The summed E-state index contributed by atoms with van der Waals surface area (Å²) in [7, 11) is 1.52. The van der Waals surface area contributed by atoms with Crippen LogP contribution in [0.2, 0.25) is 0 Å². The fourth-order valence-electron chi connectivity index (χ4n) is 3.42. The van der Waals surface area contributed by atoms with Crippen LogP contribution < -0.4 is 10.2 Å². The van der Waals surface area contributed by atoms with E-state index >= 15 is 0 Å². The molecule has 0 fully saturated rings. The average Bonchev–Trinajstić information content (AvgIpc) is 3.18. The number of hydrogen-bond acceptors (Lipinski definition) is 5. The summed E-state index contributed by atoms with van der Waals surface area (Å²) >= 11 is 0. The number of fused-ring (bicyclic) bond motifs is 1. The largest absolute Gasteiger partial charge is 0.497 e. The van der Waals surface area contributed by atoms with E-state index in [0.29, 0.717) is 22.4 Å². The van der Waals surface area contributed by atoms with Gasteiger partial charge in [-0.1, -0.05) is 24.3 Å². The van der Waals surface area contributed by atoms with Crippen molar-refractivity contribution in [3.8, 4) is 5.75 Å². The van der Waals surface area contributed by atoms with E-state index in [1.807, 2.05) is 24.3 Å². The predicted molar refractivity (Wildman–Crippen MR) is 135 cm³/mol. The second kappa shape index (κ2) is 10.5. The molecule has 1 aromatic heterocycles. The number of hydrazine groups is 1. The summed E-state index contributed by atoms with van der Waals surface area (Å²) in [6.45, 7) is 9.00. The third kappa shape index (κ3) is 6.29. The molecule has 0 aliphatic rings. The molecule has 3 rings (SSSR count). The lowest BCUT2D eigenvalue weighted by Gasteiger charge is -2.26. The number of hydrogen-bond donors (Lipinski definition) is 1. The molecule has 0 bridgehead atoms. The van der Waals surface area contributed by atoms with Crippen LogP contribution in [-0.4, -0.2) is 46.2 Å². The summed E-state index contributed by atoms with van der Waals surface area (Å²) in [5.41, 5.74) is 3.72. The van der Waals surface area contributed by atoms with E-state index in [0.717, 1.165) is 5.39 Å². The minimum atomic E-state index is -0.646. The summed E-state index contributed by atoms with van der Waals surface area (Å²) in [5.74, 6) is -0.299. The Balaban J connectivity index is 1.84. The first-order valence-electron chi connectivity index (χ1n) is 11.3. The van der Waals surface area contributed by atoms with Crippen LogP contribution in [0.5, 0.6) is 5.75 Å². The predicted octanol–water partition coefficient (Wildman–Crippen LogP) is 5.03. The second-order valence-electron chi connectivity index (χ2n) is 9.26. The molecule has 8 nitrogen and oxygen atoms in total. The van der Waals surface area contributed by atoms with Gasteiger partial charge in [0.15, 0.2) is 0 Å². The zero-order valence-electron chi connectivity index (χ0n) is 20.9. The molecule has 0 saturated heterocycles. The van der Waals surface area contributed by atoms with Crippen LogP contribution in [0.1, 0.15) is 50.5 Å². The van der Waals surface area contributed by atoms with E-state index in [1.54, 1.807) is 71.2 Å². The zero-order chi connectivity index (χ0) is 25.8. The zero-order valence-corrected chi connectivity index (χ0v) is 20.9. The summed E-state index contributed by atoms with van der Waals surface area (Å²) in [6, 6.07) is 13.7. The number of nitrogens with one attached hydrogen (secondary N) is 1. The van der Waals surface area contributed by atoms with Gasteiger partial charge in [-0.2, -0.15) is 0 Å². The van der Waals surface area contributed by atoms with Crippen molar-refractivity contribution >= 4 is 34.9 Å². The number of nitrogens with zero attached hydrogens (tertiary/aromatic N) is 2. The quantitative estimate of drug-likeness (QED) is 0.411. The fraction of sp³-hybridized carbons (Fsp3) is 0.296. The smallest absolute Gasteiger partial charge is 0.419 e. The Morgan fingerprint density at radius 2 is 1.77 bits per heavy atom. The van der Waals surface area contributed by atoms with Gasteiger partial charge in [0.1, 0.15) is 11.4 Å². The lowest BCUT2D eigenvalue weighted by Crippen LogP contribution is -2.49. The standard InChI is InChI=1S/C27H31N3O5/c1-18(2)30(28-25(32)19-10-9-11-21(16-19)34-6)24(31)15-14-20-17-29(26(33)35-27(3,4)5)23-13-8-7-12-22(20)23/h7-18H,1-6H3,(H,28,32)/b15-14+. The van der Waals surface area contributed by atoms with Crippen LogP contribution in [0.15, 0.2) is 60.8 Å². The third-order valence-electron chi connectivity index (χ3n) is 5.05. The number of methoxy groups -OCH3 is 1. The molecule has 0 saturated carbocycles. The van der Waals surface area contributed by atoms with Crippen LogP contribution in [-0.2, 0) is 9.53 Å². The van der Waals surface area contributed by atoms with Crippen molar-refractivity contribution in [2.45, 2.75) is 46.3 Å². The van der Waals surface area contributed by atoms with Crippen LogP contribution in [0.4, 0.5) is 4.79 Å². The van der Waals surface area contributed by atoms with E-state index < -0.39 is 23.5 Å². The number of rotatable bonds is 5. The Kier molecular flexibility index (Phi) is 7.64. The van der Waals surface area contributed by atoms with Crippen molar-refractivity contribution in [3.63, 3.8) is 0 Å². The van der Waals surface area contributed by atoms with E-state index in [-0.39, 0.29) is 6.04 Å². The minimum absolute atomic E-state index is 0.301. The van der Waals surface area contributed by atoms with Gasteiger partial charge in [0.05, 0.1) is 12.6 Å². The Morgan fingerprint density at radius 1 is 1.06 bits per heavy atom. The van der Waals surface area contributed by atoms with Gasteiger partial charge in [0.2, 0.25) is 0 Å². The molecular formula is C27H31N3O5. The Labute approximate surface area is 205 Å². The minimum Gasteiger partial charge on any atom is -0.497 e. The number of para-hydroxylation sites is 1. The molecule has 1 heterocycles. The highest BCUT2D eigenvalue weighted by Gasteiger charge is 2.21. The number of amides is 2. The van der Waals surface area contributed by atoms with Crippen molar-refractivity contribution in [1.82, 2.24) is 15.0 Å². The number of benzene rings is 2. The summed E-state index contributed by atoms with van der Waals surface area (Å²) in [5, 5.41) is 2.05. The van der Waals surface area contributed by atoms with Gasteiger partial charge in [-0.15, -0.1) is 0 Å². The van der Waals surface area contributed by atoms with Gasteiger partial charge in [-0.05, 0) is 65.0 Å². The van der Waals surface area contributed by atoms with Crippen LogP contribution in [0.3, 0.4) is 0 Å². The summed E-state index contributed by atoms with van der Waals surface area (Å²) in [6.07, 6.45) is 4.12. The SMILES string of the molecule is COc1cccc(C(=O)NN(C(=O)/C=C/c2cn(C(=O)OC(C)(C)C)c3ccccc23)C(C)C)c1. The maximum absolute atomic E-state index is 13.0. The average molecular weight is 478 g/mol. The van der Waals surface area contributed by atoms with Crippen LogP contribution >= 0.6 is 0 Å². The van der Waals surface area contributed by atoms with Crippen LogP contribution in [0.25, 0.3) is 17.0 Å². The molecule has 8 heteroatoms. The molecule has 0 atom stereocenters. The van der Waals surface area contributed by atoms with Crippen molar-refractivity contribution in [3.05, 3.63) is 71.9 Å². The van der Waals surface area contributed by atoms with Gasteiger partial charge in [0.25, 0.3) is 11.8 Å². The Hall–Kier alpha value is -4.07. The van der Waals surface area contributed by atoms with Crippen LogP contribution in [0, 0.1) is 0 Å². The lowest BCUT2D eigenvalue weighted by molar-refractivity contribution is -0.130. The Bertz CT molecular complexity index is 1270. The Morgan fingerprint density at radius 3 is 2.43 bits per heavy atom. The molecule has 0 radical (unpaired) electrons. The van der Waals surface area contributed by atoms with E-state index in [9.17, 15) is 14.4 Å². The highest BCUT2D eigenvalue weighted by molar-refractivity contribution is 6.01. The first kappa shape index (κ1) is 25.6. The highest BCUT2D eigenvalue weighted by Crippen LogP contribution is 2.24. The highest BCUT2D eigenvalue weighted by atomic mass is 16.6. The third-order valence-corrected chi connectivity index (χ3v) is 5.05. The molecule has 184 valence electrons. The fourth-order valence-corrected chi connectivity index (χ4v) is 3.42. The van der Waals surface area contributed by atoms with Gasteiger partial charge in [-0.3, -0.25) is 19.6 Å². The van der Waals surface area contributed by atoms with Gasteiger partial charge in [0, 0.05) is 34.8 Å². The molecular weight excluding hydrogens is 446 g/mol. The maximum Gasteiger partial charge on any atom is 0.419 e. The van der Waals surface area contributed by atoms with Crippen molar-refractivity contribution < 1.29 is 23.9 Å². The van der Waals surface area contributed by atoms with Gasteiger partial charge < -0.3 is 9.47 Å². The van der Waals surface area contributed by atoms with Crippen molar-refractivity contribution in [2.24, 2.45) is 0 Å². The summed E-state index contributed by atoms with van der Waals surface area (Å²) in [4.78, 5) is 38.5. The first-order chi connectivity index (χ1) is 16.5. The first-order valence-corrected chi connectivity index (χ1v) is 11.3. The second-order valence-corrected chi connectivity index (χ2v) is 9.26. The molecule has 2 amide bonds. The van der Waals surface area contributed by atoms with Gasteiger partial charge >= 0.3 is 6.09 Å². The molecule has 0 aliphatic heterocycles. The summed E-state index contributed by atoms with van der Waals surface area (Å²) < 4.78 is 12.1. The molecule has 1 N–H and O–H groups in total. The number of ether oxygens (including phenoxy) is 2. The van der Waals surface area contributed by atoms with E-state index in [2.05, 4.69) is 5.43 Å². The van der Waals surface area contributed by atoms with Crippen molar-refractivity contribution in [2.75, 3.05) is 7.11 Å².